The van der Waals surface area contributed by atoms with Crippen LogP contribution in [0.4, 0.5) is 0 Å². The van der Waals surface area contributed by atoms with E-state index in [9.17, 15) is 19.8 Å². The average molecular weight is 472 g/mol. The van der Waals surface area contributed by atoms with Crippen LogP contribution in [0.1, 0.15) is 17.3 Å². The second-order valence-corrected chi connectivity index (χ2v) is 7.80. The number of nitrogens with zero attached hydrogens (tertiary/aromatic N) is 2. The van der Waals surface area contributed by atoms with Crippen LogP contribution in [0.2, 0.25) is 0 Å². The first-order valence-corrected chi connectivity index (χ1v) is 9.80. The SMILES string of the molecule is O=C1N=c2ccc(Br)cc2=C1c1[nH]c(=S)n(C(Cc2ccccc2)C(=O)O)c1O. The number of hydrogen-bond donors (Lipinski definition) is 3. The number of benzene rings is 2. The van der Waals surface area contributed by atoms with E-state index in [1.165, 1.54) is 0 Å². The monoisotopic (exact) mass is 471 g/mol. The third-order valence-electron chi connectivity index (χ3n) is 4.68. The number of halogens is 1. The number of aromatic nitrogens is 2. The molecular formula is C20H14BrN3O4S. The first-order chi connectivity index (χ1) is 13.9. The molecule has 2 aromatic carbocycles. The normalized spacial score (nSPS) is 13.8. The lowest BCUT2D eigenvalue weighted by atomic mass is 10.1. The summed E-state index contributed by atoms with van der Waals surface area (Å²) < 4.78 is 1.87. The van der Waals surface area contributed by atoms with Crippen LogP contribution in [0, 0.1) is 4.77 Å². The minimum absolute atomic E-state index is 0.00424. The molecule has 0 bridgehead atoms. The van der Waals surface area contributed by atoms with Crippen molar-refractivity contribution in [2.24, 2.45) is 4.99 Å². The van der Waals surface area contributed by atoms with Gasteiger partial charge in [0.05, 0.1) is 10.9 Å². The summed E-state index contributed by atoms with van der Waals surface area (Å²) in [4.78, 5) is 31.2. The van der Waals surface area contributed by atoms with Gasteiger partial charge in [-0.05, 0) is 36.0 Å². The van der Waals surface area contributed by atoms with Crippen molar-refractivity contribution >= 4 is 45.6 Å². The molecule has 1 atom stereocenters. The minimum atomic E-state index is -1.15. The molecular weight excluding hydrogens is 458 g/mol. The molecule has 1 aliphatic heterocycles. The Balaban J connectivity index is 1.88. The number of carbonyl (C=O) groups excluding carboxylic acids is 1. The first kappa shape index (κ1) is 19.3. The summed E-state index contributed by atoms with van der Waals surface area (Å²) in [6, 6.07) is 13.0. The molecule has 7 nitrogen and oxygen atoms in total. The molecule has 0 aliphatic carbocycles. The molecule has 0 saturated carbocycles. The number of hydrogen-bond acceptors (Lipinski definition) is 4. The van der Waals surface area contributed by atoms with Crippen molar-refractivity contribution in [3.63, 3.8) is 0 Å². The summed E-state index contributed by atoms with van der Waals surface area (Å²) in [6.45, 7) is 0. The fourth-order valence-corrected chi connectivity index (χ4v) is 4.03. The van der Waals surface area contributed by atoms with Gasteiger partial charge in [-0.2, -0.15) is 0 Å². The van der Waals surface area contributed by atoms with Crippen LogP contribution >= 0.6 is 28.1 Å². The molecule has 0 fully saturated rings. The Morgan fingerprint density at radius 2 is 1.97 bits per heavy atom. The van der Waals surface area contributed by atoms with Gasteiger partial charge in [0.2, 0.25) is 5.88 Å². The number of H-pyrrole nitrogens is 1. The van der Waals surface area contributed by atoms with Crippen molar-refractivity contribution in [3.8, 4) is 5.88 Å². The molecule has 1 aliphatic rings. The van der Waals surface area contributed by atoms with E-state index in [1.807, 2.05) is 6.07 Å². The predicted molar refractivity (Wildman–Crippen MR) is 111 cm³/mol. The number of rotatable bonds is 5. The number of imidazole rings is 1. The maximum Gasteiger partial charge on any atom is 0.327 e. The number of aromatic amines is 1. The van der Waals surface area contributed by atoms with Gasteiger partial charge in [-0.15, -0.1) is 0 Å². The van der Waals surface area contributed by atoms with Gasteiger partial charge in [0.1, 0.15) is 11.7 Å². The number of nitrogens with one attached hydrogen (secondary N) is 1. The van der Waals surface area contributed by atoms with Gasteiger partial charge < -0.3 is 15.2 Å². The number of aromatic hydroxyl groups is 1. The summed E-state index contributed by atoms with van der Waals surface area (Å²) in [5.41, 5.74) is 0.977. The fourth-order valence-electron chi connectivity index (χ4n) is 3.36. The van der Waals surface area contributed by atoms with Gasteiger partial charge in [-0.1, -0.05) is 46.3 Å². The third kappa shape index (κ3) is 3.43. The number of carboxylic acid groups (broad SMARTS) is 1. The van der Waals surface area contributed by atoms with E-state index in [-0.39, 0.29) is 22.5 Å². The second kappa shape index (κ2) is 7.41. The summed E-state index contributed by atoms with van der Waals surface area (Å²) in [7, 11) is 0. The Hall–Kier alpha value is -3.04. The summed E-state index contributed by atoms with van der Waals surface area (Å²) in [5.74, 6) is -2.10. The molecule has 9 heteroatoms. The molecule has 1 amide bonds. The number of carboxylic acids is 1. The molecule has 0 saturated heterocycles. The first-order valence-electron chi connectivity index (χ1n) is 8.60. The highest BCUT2D eigenvalue weighted by Crippen LogP contribution is 2.30. The quantitative estimate of drug-likeness (QED) is 0.494. The van der Waals surface area contributed by atoms with E-state index in [0.29, 0.717) is 10.6 Å². The van der Waals surface area contributed by atoms with Crippen molar-refractivity contribution in [1.29, 1.82) is 0 Å². The molecule has 0 radical (unpaired) electrons. The third-order valence-corrected chi connectivity index (χ3v) is 5.48. The van der Waals surface area contributed by atoms with Crippen molar-refractivity contribution in [2.45, 2.75) is 12.5 Å². The Bertz CT molecular complexity index is 1330. The maximum absolute atomic E-state index is 12.5. The van der Waals surface area contributed by atoms with Crippen LogP contribution in [0.3, 0.4) is 0 Å². The van der Waals surface area contributed by atoms with Crippen molar-refractivity contribution in [1.82, 2.24) is 9.55 Å². The number of fused-ring (bicyclic) bond motifs is 1. The molecule has 1 unspecified atom stereocenters. The van der Waals surface area contributed by atoms with E-state index >= 15 is 0 Å². The molecule has 4 rings (SSSR count). The summed E-state index contributed by atoms with van der Waals surface area (Å²) in [5, 5.41) is 21.6. The van der Waals surface area contributed by atoms with Gasteiger partial charge in [0, 0.05) is 16.1 Å². The smallest absolute Gasteiger partial charge is 0.327 e. The number of amides is 1. The van der Waals surface area contributed by atoms with Crippen LogP contribution in [0.5, 0.6) is 5.88 Å². The van der Waals surface area contributed by atoms with Gasteiger partial charge in [0.25, 0.3) is 5.91 Å². The van der Waals surface area contributed by atoms with Gasteiger partial charge >= 0.3 is 5.97 Å². The van der Waals surface area contributed by atoms with Crippen molar-refractivity contribution in [2.75, 3.05) is 0 Å². The zero-order chi connectivity index (χ0) is 20.7. The van der Waals surface area contributed by atoms with Crippen LogP contribution in [0.15, 0.2) is 58.0 Å². The van der Waals surface area contributed by atoms with Gasteiger partial charge in [0.15, 0.2) is 4.77 Å². The van der Waals surface area contributed by atoms with E-state index < -0.39 is 23.8 Å². The number of aliphatic carboxylic acids is 1. The Morgan fingerprint density at radius 1 is 1.24 bits per heavy atom. The molecule has 1 aromatic heterocycles. The predicted octanol–water partition coefficient (Wildman–Crippen LogP) is 2.24. The highest BCUT2D eigenvalue weighted by Gasteiger charge is 2.30. The molecule has 0 spiro atoms. The fraction of sp³-hybridized carbons (Fsp3) is 0.100. The van der Waals surface area contributed by atoms with Crippen molar-refractivity contribution in [3.05, 3.63) is 79.6 Å². The largest absolute Gasteiger partial charge is 0.493 e. The second-order valence-electron chi connectivity index (χ2n) is 6.50. The molecule has 29 heavy (non-hydrogen) atoms. The van der Waals surface area contributed by atoms with Crippen molar-refractivity contribution < 1.29 is 19.8 Å². The van der Waals surface area contributed by atoms with Crippen LogP contribution in [-0.2, 0) is 16.0 Å². The summed E-state index contributed by atoms with van der Waals surface area (Å²) >= 11 is 8.65. The van der Waals surface area contributed by atoms with Gasteiger partial charge in [-0.3, -0.25) is 9.36 Å². The van der Waals surface area contributed by atoms with Crippen LogP contribution in [0.25, 0.3) is 5.57 Å². The van der Waals surface area contributed by atoms with Crippen LogP contribution in [-0.4, -0.2) is 31.6 Å². The Kier molecular flexibility index (Phi) is 4.93. The lowest BCUT2D eigenvalue weighted by Gasteiger charge is -2.15. The highest BCUT2D eigenvalue weighted by molar-refractivity contribution is 9.10. The maximum atomic E-state index is 12.5. The van der Waals surface area contributed by atoms with E-state index in [4.69, 9.17) is 12.2 Å². The lowest BCUT2D eigenvalue weighted by Crippen LogP contribution is -2.23. The molecule has 3 N–H and O–H groups in total. The van der Waals surface area contributed by atoms with Crippen LogP contribution < -0.4 is 10.6 Å². The zero-order valence-corrected chi connectivity index (χ0v) is 17.2. The molecule has 146 valence electrons. The number of carbonyl (C=O) groups is 2. The Labute approximate surface area is 177 Å². The minimum Gasteiger partial charge on any atom is -0.493 e. The van der Waals surface area contributed by atoms with E-state index in [1.54, 1.807) is 42.5 Å². The highest BCUT2D eigenvalue weighted by atomic mass is 79.9. The lowest BCUT2D eigenvalue weighted by molar-refractivity contribution is -0.141. The Morgan fingerprint density at radius 3 is 2.66 bits per heavy atom. The van der Waals surface area contributed by atoms with E-state index in [0.717, 1.165) is 14.6 Å². The molecule has 2 heterocycles. The standard InChI is InChI=1S/C20H14BrN3O4S/c21-11-6-7-13-12(9-11)15(17(25)22-13)16-18(26)24(20(29)23-16)14(19(27)28)8-10-4-2-1-3-5-10/h1-7,9,14,26H,8H2,(H,23,29)(H,27,28). The topological polar surface area (TPSA) is 108 Å². The average Bonchev–Trinajstić information content (AvgIpc) is 3.15. The van der Waals surface area contributed by atoms with E-state index in [2.05, 4.69) is 25.9 Å². The summed E-state index contributed by atoms with van der Waals surface area (Å²) in [6.07, 6.45) is 0.116. The van der Waals surface area contributed by atoms with Gasteiger partial charge in [-0.25, -0.2) is 9.79 Å². The zero-order valence-electron chi connectivity index (χ0n) is 14.8. The molecule has 3 aromatic rings.